The molecule has 4 N–H and O–H groups in total. The first-order valence-corrected chi connectivity index (χ1v) is 6.24. The third-order valence-electron chi connectivity index (χ3n) is 2.64. The van der Waals surface area contributed by atoms with Gasteiger partial charge in [-0.2, -0.15) is 0 Å². The van der Waals surface area contributed by atoms with E-state index in [4.69, 9.17) is 5.73 Å². The number of nitrogens with two attached hydrogens (primary N) is 1. The summed E-state index contributed by atoms with van der Waals surface area (Å²) in [6, 6.07) is 2.86. The Morgan fingerprint density at radius 2 is 1.95 bits per heavy atom. The number of anilines is 1. The lowest BCUT2D eigenvalue weighted by atomic mass is 10.1. The fourth-order valence-electron chi connectivity index (χ4n) is 1.38. The highest BCUT2D eigenvalue weighted by Gasteiger charge is 2.16. The van der Waals surface area contributed by atoms with E-state index in [-0.39, 0.29) is 30.7 Å². The van der Waals surface area contributed by atoms with Crippen molar-refractivity contribution in [1.82, 2.24) is 10.3 Å². The molecule has 0 saturated carbocycles. The van der Waals surface area contributed by atoms with Crippen LogP contribution in [-0.2, 0) is 9.59 Å². The predicted octanol–water partition coefficient (Wildman–Crippen LogP) is 0.510. The third-order valence-corrected chi connectivity index (χ3v) is 2.64. The second-order valence-corrected chi connectivity index (χ2v) is 4.59. The molecule has 0 aliphatic carbocycles. The number of carbonyl (C=O) groups excluding carboxylic acids is 2. The van der Waals surface area contributed by atoms with Crippen LogP contribution < -0.4 is 16.4 Å². The number of aromatic nitrogens is 1. The molecule has 1 heterocycles. The SMILES string of the molecule is CC(C)[C@H](N)C(=O)NCCC(=O)Nc1ccncc1. The van der Waals surface area contributed by atoms with Crippen LogP contribution in [0.1, 0.15) is 20.3 Å². The number of carbonyl (C=O) groups is 2. The zero-order valence-electron chi connectivity index (χ0n) is 11.2. The highest BCUT2D eigenvalue weighted by molar-refractivity contribution is 5.91. The minimum absolute atomic E-state index is 0.0747. The normalized spacial score (nSPS) is 12.0. The molecule has 2 amide bonds. The summed E-state index contributed by atoms with van der Waals surface area (Å²) < 4.78 is 0. The molecule has 1 rings (SSSR count). The van der Waals surface area contributed by atoms with Crippen LogP contribution in [0.15, 0.2) is 24.5 Å². The molecule has 0 unspecified atom stereocenters. The molecular weight excluding hydrogens is 244 g/mol. The van der Waals surface area contributed by atoms with Gasteiger partial charge in [0, 0.05) is 31.0 Å². The molecule has 19 heavy (non-hydrogen) atoms. The number of hydrogen-bond acceptors (Lipinski definition) is 4. The van der Waals surface area contributed by atoms with Gasteiger partial charge in [-0.1, -0.05) is 13.8 Å². The molecule has 1 aromatic heterocycles. The van der Waals surface area contributed by atoms with E-state index in [1.54, 1.807) is 24.5 Å². The number of hydrogen-bond donors (Lipinski definition) is 3. The molecule has 0 bridgehead atoms. The maximum absolute atomic E-state index is 11.6. The van der Waals surface area contributed by atoms with E-state index in [9.17, 15) is 9.59 Å². The van der Waals surface area contributed by atoms with Gasteiger partial charge in [0.2, 0.25) is 11.8 Å². The first-order chi connectivity index (χ1) is 9.00. The Morgan fingerprint density at radius 3 is 2.53 bits per heavy atom. The summed E-state index contributed by atoms with van der Waals surface area (Å²) in [7, 11) is 0. The minimum Gasteiger partial charge on any atom is -0.354 e. The Bertz CT molecular complexity index is 420. The molecule has 0 fully saturated rings. The first kappa shape index (κ1) is 15.1. The summed E-state index contributed by atoms with van der Waals surface area (Å²) in [4.78, 5) is 27.0. The van der Waals surface area contributed by atoms with E-state index >= 15 is 0 Å². The van der Waals surface area contributed by atoms with Gasteiger partial charge in [-0.05, 0) is 18.1 Å². The zero-order valence-corrected chi connectivity index (χ0v) is 11.2. The van der Waals surface area contributed by atoms with E-state index in [0.29, 0.717) is 5.69 Å². The second-order valence-electron chi connectivity index (χ2n) is 4.59. The van der Waals surface area contributed by atoms with Crippen molar-refractivity contribution in [1.29, 1.82) is 0 Å². The Morgan fingerprint density at radius 1 is 1.32 bits per heavy atom. The number of nitrogens with one attached hydrogen (secondary N) is 2. The highest BCUT2D eigenvalue weighted by Crippen LogP contribution is 2.03. The van der Waals surface area contributed by atoms with Crippen molar-refractivity contribution < 1.29 is 9.59 Å². The van der Waals surface area contributed by atoms with Crippen molar-refractivity contribution in [3.8, 4) is 0 Å². The maximum Gasteiger partial charge on any atom is 0.237 e. The van der Waals surface area contributed by atoms with Crippen LogP contribution in [0.4, 0.5) is 5.69 Å². The van der Waals surface area contributed by atoms with Gasteiger partial charge in [0.1, 0.15) is 0 Å². The van der Waals surface area contributed by atoms with Crippen molar-refractivity contribution >= 4 is 17.5 Å². The lowest BCUT2D eigenvalue weighted by molar-refractivity contribution is -0.123. The van der Waals surface area contributed by atoms with Crippen LogP contribution in [0.2, 0.25) is 0 Å². The van der Waals surface area contributed by atoms with Gasteiger partial charge in [-0.3, -0.25) is 14.6 Å². The molecule has 6 nitrogen and oxygen atoms in total. The monoisotopic (exact) mass is 264 g/mol. The van der Waals surface area contributed by atoms with Gasteiger partial charge in [0.05, 0.1) is 6.04 Å². The van der Waals surface area contributed by atoms with E-state index < -0.39 is 6.04 Å². The molecule has 104 valence electrons. The summed E-state index contributed by atoms with van der Waals surface area (Å²) >= 11 is 0. The second kappa shape index (κ2) is 7.48. The van der Waals surface area contributed by atoms with E-state index in [2.05, 4.69) is 15.6 Å². The van der Waals surface area contributed by atoms with Crippen molar-refractivity contribution in [2.45, 2.75) is 26.3 Å². The standard InChI is InChI=1S/C13H20N4O2/c1-9(2)12(14)13(19)16-8-5-11(18)17-10-3-6-15-7-4-10/h3-4,6-7,9,12H,5,8,14H2,1-2H3,(H,16,19)(H,15,17,18)/t12-/m0/s1. The van der Waals surface area contributed by atoms with Gasteiger partial charge in [-0.15, -0.1) is 0 Å². The van der Waals surface area contributed by atoms with Crippen LogP contribution in [0.25, 0.3) is 0 Å². The molecule has 1 atom stereocenters. The Kier molecular flexibility index (Phi) is 5.95. The average Bonchev–Trinajstić information content (AvgIpc) is 2.38. The third kappa shape index (κ3) is 5.48. The lowest BCUT2D eigenvalue weighted by Crippen LogP contribution is -2.44. The van der Waals surface area contributed by atoms with Gasteiger partial charge < -0.3 is 16.4 Å². The van der Waals surface area contributed by atoms with Gasteiger partial charge >= 0.3 is 0 Å². The summed E-state index contributed by atoms with van der Waals surface area (Å²) in [6.07, 6.45) is 3.40. The van der Waals surface area contributed by atoms with Crippen molar-refractivity contribution in [2.24, 2.45) is 11.7 Å². The van der Waals surface area contributed by atoms with Crippen LogP contribution >= 0.6 is 0 Å². The summed E-state index contributed by atoms with van der Waals surface area (Å²) in [5, 5.41) is 5.35. The number of nitrogens with zero attached hydrogens (tertiary/aromatic N) is 1. The lowest BCUT2D eigenvalue weighted by Gasteiger charge is -2.15. The Balaban J connectivity index is 2.26. The molecule has 1 aromatic rings. The van der Waals surface area contributed by atoms with Crippen LogP contribution in [-0.4, -0.2) is 29.4 Å². The predicted molar refractivity (Wildman–Crippen MR) is 73.3 cm³/mol. The number of rotatable bonds is 6. The molecule has 0 spiro atoms. The van der Waals surface area contributed by atoms with E-state index in [0.717, 1.165) is 0 Å². The number of pyridine rings is 1. The fourth-order valence-corrected chi connectivity index (χ4v) is 1.38. The van der Waals surface area contributed by atoms with Crippen molar-refractivity contribution in [2.75, 3.05) is 11.9 Å². The smallest absolute Gasteiger partial charge is 0.237 e. The summed E-state index contributed by atoms with van der Waals surface area (Å²) in [6.45, 7) is 4.02. The van der Waals surface area contributed by atoms with Gasteiger partial charge in [0.25, 0.3) is 0 Å². The van der Waals surface area contributed by atoms with Crippen LogP contribution in [0, 0.1) is 5.92 Å². The summed E-state index contributed by atoms with van der Waals surface area (Å²) in [5.41, 5.74) is 6.37. The zero-order chi connectivity index (χ0) is 14.3. The fraction of sp³-hybridized carbons (Fsp3) is 0.462. The molecule has 6 heteroatoms. The number of amides is 2. The molecule has 0 saturated heterocycles. The minimum atomic E-state index is -0.539. The van der Waals surface area contributed by atoms with Gasteiger partial charge in [0.15, 0.2) is 0 Å². The van der Waals surface area contributed by atoms with Crippen LogP contribution in [0.3, 0.4) is 0 Å². The van der Waals surface area contributed by atoms with Crippen LogP contribution in [0.5, 0.6) is 0 Å². The van der Waals surface area contributed by atoms with Gasteiger partial charge in [-0.25, -0.2) is 0 Å². The Hall–Kier alpha value is -1.95. The molecular formula is C13H20N4O2. The topological polar surface area (TPSA) is 97.1 Å². The van der Waals surface area contributed by atoms with Crippen molar-refractivity contribution in [3.63, 3.8) is 0 Å². The maximum atomic E-state index is 11.6. The highest BCUT2D eigenvalue weighted by atomic mass is 16.2. The Labute approximate surface area is 112 Å². The molecule has 0 aliphatic heterocycles. The average molecular weight is 264 g/mol. The van der Waals surface area contributed by atoms with Crippen molar-refractivity contribution in [3.05, 3.63) is 24.5 Å². The van der Waals surface area contributed by atoms with E-state index in [1.165, 1.54) is 0 Å². The molecule has 0 aromatic carbocycles. The molecule has 0 radical (unpaired) electrons. The summed E-state index contributed by atoms with van der Waals surface area (Å²) in [5.74, 6) is -0.318. The first-order valence-electron chi connectivity index (χ1n) is 6.24. The van der Waals surface area contributed by atoms with E-state index in [1.807, 2.05) is 13.8 Å². The molecule has 0 aliphatic rings. The quantitative estimate of drug-likeness (QED) is 0.697. The largest absolute Gasteiger partial charge is 0.354 e.